The molecule has 0 radical (unpaired) electrons. The van der Waals surface area contributed by atoms with E-state index < -0.39 is 22.6 Å². The number of pyridine rings is 1. The van der Waals surface area contributed by atoms with Gasteiger partial charge in [0.05, 0.1) is 16.1 Å². The fourth-order valence-electron chi connectivity index (χ4n) is 1.98. The Balaban J connectivity index is 1.96. The zero-order valence-electron chi connectivity index (χ0n) is 12.9. The third kappa shape index (κ3) is 4.47. The fourth-order valence-corrected chi connectivity index (χ4v) is 1.98. The van der Waals surface area contributed by atoms with Crippen molar-refractivity contribution in [3.8, 4) is 0 Å². The average Bonchev–Trinajstić information content (AvgIpc) is 2.58. The smallest absolute Gasteiger partial charge is 0.288 e. The molecule has 0 fully saturated rings. The first kappa shape index (κ1) is 17.8. The van der Waals surface area contributed by atoms with Crippen LogP contribution in [0.4, 0.5) is 15.9 Å². The molecule has 1 aromatic heterocycles. The van der Waals surface area contributed by atoms with E-state index in [0.717, 1.165) is 12.3 Å². The number of amides is 2. The second-order valence-electron chi connectivity index (χ2n) is 4.87. The topological polar surface area (TPSA) is 140 Å². The summed E-state index contributed by atoms with van der Waals surface area (Å²) in [6.45, 7) is 0.245. The second kappa shape index (κ2) is 7.81. The number of benzene rings is 1. The molecular formula is C15H14FN5O4. The lowest BCUT2D eigenvalue weighted by Crippen LogP contribution is -2.30. The molecule has 0 saturated heterocycles. The molecule has 0 atom stereocenters. The fraction of sp³-hybridized carbons (Fsp3) is 0.133. The third-order valence-electron chi connectivity index (χ3n) is 3.17. The van der Waals surface area contributed by atoms with Gasteiger partial charge in [-0.1, -0.05) is 12.1 Å². The van der Waals surface area contributed by atoms with Crippen molar-refractivity contribution in [1.29, 1.82) is 0 Å². The van der Waals surface area contributed by atoms with Crippen molar-refractivity contribution in [3.63, 3.8) is 0 Å². The van der Waals surface area contributed by atoms with Crippen LogP contribution < -0.4 is 16.4 Å². The number of rotatable bonds is 7. The van der Waals surface area contributed by atoms with Gasteiger partial charge in [-0.3, -0.25) is 19.7 Å². The van der Waals surface area contributed by atoms with Gasteiger partial charge in [-0.15, -0.1) is 0 Å². The van der Waals surface area contributed by atoms with E-state index in [4.69, 9.17) is 5.73 Å². The summed E-state index contributed by atoms with van der Waals surface area (Å²) in [6, 6.07) is 6.54. The summed E-state index contributed by atoms with van der Waals surface area (Å²) in [6.07, 6.45) is 0.979. The number of carbonyl (C=O) groups excluding carboxylic acids is 2. The average molecular weight is 347 g/mol. The van der Waals surface area contributed by atoms with Crippen LogP contribution in [-0.4, -0.2) is 34.8 Å². The Kier molecular flexibility index (Phi) is 5.56. The van der Waals surface area contributed by atoms with Crippen LogP contribution in [0.5, 0.6) is 0 Å². The molecule has 25 heavy (non-hydrogen) atoms. The highest BCUT2D eigenvalue weighted by Gasteiger charge is 2.16. The van der Waals surface area contributed by atoms with Gasteiger partial charge in [-0.25, -0.2) is 9.37 Å². The summed E-state index contributed by atoms with van der Waals surface area (Å²) >= 11 is 0. The highest BCUT2D eigenvalue weighted by atomic mass is 19.1. The maximum absolute atomic E-state index is 13.5. The minimum absolute atomic E-state index is 0.0539. The maximum atomic E-state index is 13.5. The molecule has 0 aliphatic rings. The highest BCUT2D eigenvalue weighted by molar-refractivity contribution is 5.98. The van der Waals surface area contributed by atoms with Gasteiger partial charge in [0.25, 0.3) is 17.5 Å². The largest absolute Gasteiger partial charge is 0.368 e. The summed E-state index contributed by atoms with van der Waals surface area (Å²) in [5, 5.41) is 15.9. The molecule has 1 aromatic carbocycles. The molecule has 9 nitrogen and oxygen atoms in total. The van der Waals surface area contributed by atoms with Crippen LogP contribution in [0.3, 0.4) is 0 Å². The molecule has 0 aliphatic carbocycles. The summed E-state index contributed by atoms with van der Waals surface area (Å²) in [4.78, 5) is 37.0. The number of nitrogens with one attached hydrogen (secondary N) is 2. The zero-order chi connectivity index (χ0) is 18.4. The molecule has 4 N–H and O–H groups in total. The Bertz CT molecular complexity index is 827. The van der Waals surface area contributed by atoms with Gasteiger partial charge in [0, 0.05) is 19.2 Å². The van der Waals surface area contributed by atoms with Gasteiger partial charge >= 0.3 is 0 Å². The van der Waals surface area contributed by atoms with E-state index in [9.17, 15) is 24.1 Å². The number of nitrogens with zero attached hydrogens (tertiary/aromatic N) is 2. The van der Waals surface area contributed by atoms with Gasteiger partial charge < -0.3 is 16.4 Å². The van der Waals surface area contributed by atoms with Crippen LogP contribution in [0.15, 0.2) is 36.5 Å². The van der Waals surface area contributed by atoms with Crippen LogP contribution >= 0.6 is 0 Å². The molecular weight excluding hydrogens is 333 g/mol. The molecule has 2 amide bonds. The number of anilines is 1. The number of hydrogen-bond acceptors (Lipinski definition) is 6. The van der Waals surface area contributed by atoms with Crippen molar-refractivity contribution in [3.05, 3.63) is 63.6 Å². The van der Waals surface area contributed by atoms with Crippen LogP contribution in [0.25, 0.3) is 0 Å². The molecule has 0 unspecified atom stereocenters. The number of nitro groups is 1. The Hall–Kier alpha value is -3.56. The first-order valence-corrected chi connectivity index (χ1v) is 7.11. The van der Waals surface area contributed by atoms with E-state index in [2.05, 4.69) is 15.6 Å². The molecule has 0 bridgehead atoms. The summed E-state index contributed by atoms with van der Waals surface area (Å²) in [5.41, 5.74) is 4.57. The van der Waals surface area contributed by atoms with Gasteiger partial charge in [-0.05, 0) is 12.1 Å². The highest BCUT2D eigenvalue weighted by Crippen LogP contribution is 2.18. The van der Waals surface area contributed by atoms with Crippen molar-refractivity contribution < 1.29 is 18.9 Å². The van der Waals surface area contributed by atoms with E-state index in [1.807, 2.05) is 0 Å². The van der Waals surface area contributed by atoms with Gasteiger partial charge in [-0.2, -0.15) is 0 Å². The first-order chi connectivity index (χ1) is 11.9. The number of primary amides is 1. The number of aromatic nitrogens is 1. The zero-order valence-corrected chi connectivity index (χ0v) is 12.9. The number of nitrogens with two attached hydrogens (primary N) is 1. The lowest BCUT2D eigenvalue weighted by molar-refractivity contribution is -0.385. The van der Waals surface area contributed by atoms with Crippen molar-refractivity contribution >= 4 is 23.3 Å². The number of carbonyl (C=O) groups is 2. The van der Waals surface area contributed by atoms with E-state index in [-0.39, 0.29) is 35.7 Å². The predicted molar refractivity (Wildman–Crippen MR) is 86.6 cm³/mol. The van der Waals surface area contributed by atoms with Gasteiger partial charge in [0.1, 0.15) is 17.8 Å². The number of halogens is 1. The SMILES string of the molecule is NC(=O)c1cc([N+](=O)[O-])cnc1NCCNC(=O)c1ccccc1F. The van der Waals surface area contributed by atoms with Crippen LogP contribution in [0, 0.1) is 15.9 Å². The predicted octanol–water partition coefficient (Wildman–Crippen LogP) is 1.07. The van der Waals surface area contributed by atoms with E-state index in [0.29, 0.717) is 0 Å². The first-order valence-electron chi connectivity index (χ1n) is 7.11. The minimum Gasteiger partial charge on any atom is -0.368 e. The lowest BCUT2D eigenvalue weighted by Gasteiger charge is -2.10. The van der Waals surface area contributed by atoms with Gasteiger partial charge in [0.15, 0.2) is 0 Å². The summed E-state index contributed by atoms with van der Waals surface area (Å²) in [5.74, 6) is -2.06. The van der Waals surface area contributed by atoms with Crippen LogP contribution in [-0.2, 0) is 0 Å². The Labute approximate surface area is 141 Å². The molecule has 0 saturated carbocycles. The van der Waals surface area contributed by atoms with Gasteiger partial charge in [0.2, 0.25) is 0 Å². The molecule has 2 aromatic rings. The molecule has 130 valence electrons. The Morgan fingerprint density at radius 2 is 1.96 bits per heavy atom. The minimum atomic E-state index is -0.880. The van der Waals surface area contributed by atoms with E-state index >= 15 is 0 Å². The Morgan fingerprint density at radius 1 is 1.24 bits per heavy atom. The molecule has 2 rings (SSSR count). The van der Waals surface area contributed by atoms with Crippen molar-refractivity contribution in [2.45, 2.75) is 0 Å². The molecule has 0 aliphatic heterocycles. The third-order valence-corrected chi connectivity index (χ3v) is 3.17. The van der Waals surface area contributed by atoms with Crippen LogP contribution in [0.2, 0.25) is 0 Å². The molecule has 0 spiro atoms. The lowest BCUT2D eigenvalue weighted by atomic mass is 10.2. The van der Waals surface area contributed by atoms with Crippen molar-refractivity contribution in [2.75, 3.05) is 18.4 Å². The maximum Gasteiger partial charge on any atom is 0.288 e. The number of hydrogen-bond donors (Lipinski definition) is 3. The summed E-state index contributed by atoms with van der Waals surface area (Å²) in [7, 11) is 0. The summed E-state index contributed by atoms with van der Waals surface area (Å²) < 4.78 is 13.5. The van der Waals surface area contributed by atoms with E-state index in [1.165, 1.54) is 24.3 Å². The van der Waals surface area contributed by atoms with E-state index in [1.54, 1.807) is 0 Å². The monoisotopic (exact) mass is 347 g/mol. The Morgan fingerprint density at radius 3 is 2.60 bits per heavy atom. The molecule has 1 heterocycles. The normalized spacial score (nSPS) is 10.1. The second-order valence-corrected chi connectivity index (χ2v) is 4.87. The standard InChI is InChI=1S/C15H14FN5O4/c16-12-4-2-1-3-10(12)15(23)19-6-5-18-14-11(13(17)22)7-9(8-20-14)21(24)25/h1-4,7-8H,5-6H2,(H2,17,22)(H,18,20)(H,19,23). The quantitative estimate of drug-likeness (QED) is 0.389. The van der Waals surface area contributed by atoms with Crippen LogP contribution in [0.1, 0.15) is 20.7 Å². The van der Waals surface area contributed by atoms with Crippen molar-refractivity contribution in [1.82, 2.24) is 10.3 Å². The molecule has 10 heteroatoms. The van der Waals surface area contributed by atoms with Crippen molar-refractivity contribution in [2.24, 2.45) is 5.73 Å².